The molecule has 0 unspecified atom stereocenters. The first kappa shape index (κ1) is 31.6. The molecular weight excluding hydrogens is 655 g/mol. The van der Waals surface area contributed by atoms with E-state index >= 15 is 0 Å². The van der Waals surface area contributed by atoms with Gasteiger partial charge >= 0.3 is 0 Å². The number of benzene rings is 9. The van der Waals surface area contributed by atoms with Crippen molar-refractivity contribution in [3.05, 3.63) is 212 Å². The summed E-state index contributed by atoms with van der Waals surface area (Å²) < 4.78 is 6.08. The van der Waals surface area contributed by atoms with Crippen molar-refractivity contribution in [3.8, 4) is 44.5 Å². The molecule has 0 spiro atoms. The molecule has 0 aliphatic rings. The number of nitrogens with zero attached hydrogens (tertiary/aromatic N) is 1. The third-order valence-corrected chi connectivity index (χ3v) is 10.5. The molecule has 0 atom stereocenters. The summed E-state index contributed by atoms with van der Waals surface area (Å²) >= 11 is 0. The second kappa shape index (κ2) is 13.4. The lowest BCUT2D eigenvalue weighted by molar-refractivity contribution is 0.669. The molecule has 0 aliphatic heterocycles. The summed E-state index contributed by atoms with van der Waals surface area (Å²) in [5.41, 5.74) is 14.7. The van der Waals surface area contributed by atoms with Gasteiger partial charge in [-0.3, -0.25) is 0 Å². The Morgan fingerprint density at radius 3 is 1.48 bits per heavy atom. The molecule has 10 rings (SSSR count). The van der Waals surface area contributed by atoms with E-state index in [1.54, 1.807) is 0 Å². The summed E-state index contributed by atoms with van der Waals surface area (Å²) in [7, 11) is 0. The minimum absolute atomic E-state index is 0.913. The second-order valence-corrected chi connectivity index (χ2v) is 13.8. The van der Waals surface area contributed by atoms with Crippen LogP contribution in [0.2, 0.25) is 0 Å². The van der Waals surface area contributed by atoms with Gasteiger partial charge in [0, 0.05) is 27.5 Å². The Morgan fingerprint density at radius 2 is 0.759 bits per heavy atom. The van der Waals surface area contributed by atoms with Gasteiger partial charge in [-0.1, -0.05) is 164 Å². The average Bonchev–Trinajstić information content (AvgIpc) is 3.63. The lowest BCUT2D eigenvalue weighted by atomic mass is 9.98. The molecule has 254 valence electrons. The van der Waals surface area contributed by atoms with E-state index in [1.165, 1.54) is 49.7 Å². The molecule has 0 N–H and O–H groups in total. The Bertz CT molecular complexity index is 2900. The molecular formula is C52H35NO. The molecule has 0 bridgehead atoms. The number of anilines is 3. The smallest absolute Gasteiger partial charge is 0.135 e. The van der Waals surface area contributed by atoms with Crippen molar-refractivity contribution in [2.75, 3.05) is 4.90 Å². The first-order chi connectivity index (χ1) is 26.7. The number of rotatable bonds is 7. The zero-order valence-corrected chi connectivity index (χ0v) is 29.6. The molecule has 0 fully saturated rings. The van der Waals surface area contributed by atoms with Gasteiger partial charge in [-0.15, -0.1) is 0 Å². The van der Waals surface area contributed by atoms with Crippen LogP contribution in [0.5, 0.6) is 0 Å². The highest BCUT2D eigenvalue weighted by atomic mass is 16.3. The van der Waals surface area contributed by atoms with Crippen LogP contribution in [0.4, 0.5) is 17.1 Å². The van der Waals surface area contributed by atoms with E-state index in [2.05, 4.69) is 205 Å². The Hall–Kier alpha value is -7.16. The zero-order chi connectivity index (χ0) is 35.8. The standard InChI is InChI=1S/C52H35NO/c1-2-10-36(11-3-1)37-20-22-38(23-21-37)39-28-31-45(32-29-39)53(50-18-9-13-42-12-4-5-16-47(42)50)46-15-8-14-43(34-46)40-24-26-41(27-25-40)44-30-33-52-49(35-44)48-17-6-7-19-51(48)54-52/h1-35H. The van der Waals surface area contributed by atoms with Gasteiger partial charge < -0.3 is 9.32 Å². The van der Waals surface area contributed by atoms with Crippen molar-refractivity contribution in [1.82, 2.24) is 0 Å². The predicted molar refractivity (Wildman–Crippen MR) is 228 cm³/mol. The largest absolute Gasteiger partial charge is 0.456 e. The van der Waals surface area contributed by atoms with Crippen molar-refractivity contribution < 1.29 is 4.42 Å². The predicted octanol–water partition coefficient (Wildman–Crippen LogP) is 14.9. The Kier molecular flexibility index (Phi) is 7.85. The van der Waals surface area contributed by atoms with Crippen molar-refractivity contribution in [1.29, 1.82) is 0 Å². The number of hydrogen-bond donors (Lipinski definition) is 0. The molecule has 0 saturated carbocycles. The Morgan fingerprint density at radius 1 is 0.278 bits per heavy atom. The van der Waals surface area contributed by atoms with Gasteiger partial charge in [0.15, 0.2) is 0 Å². The van der Waals surface area contributed by atoms with Crippen molar-refractivity contribution in [2.24, 2.45) is 0 Å². The molecule has 2 nitrogen and oxygen atoms in total. The number of hydrogen-bond acceptors (Lipinski definition) is 2. The molecule has 0 amide bonds. The van der Waals surface area contributed by atoms with Crippen LogP contribution in [-0.2, 0) is 0 Å². The summed E-state index contributed by atoms with van der Waals surface area (Å²) in [5, 5.41) is 4.70. The summed E-state index contributed by atoms with van der Waals surface area (Å²) in [4.78, 5) is 2.38. The van der Waals surface area contributed by atoms with Gasteiger partial charge in [0.2, 0.25) is 0 Å². The molecule has 54 heavy (non-hydrogen) atoms. The van der Waals surface area contributed by atoms with E-state index in [-0.39, 0.29) is 0 Å². The van der Waals surface area contributed by atoms with Crippen LogP contribution in [0.1, 0.15) is 0 Å². The van der Waals surface area contributed by atoms with Crippen molar-refractivity contribution in [3.63, 3.8) is 0 Å². The van der Waals surface area contributed by atoms with Gasteiger partial charge in [0.05, 0.1) is 5.69 Å². The molecule has 0 aliphatic carbocycles. The summed E-state index contributed by atoms with van der Waals surface area (Å²) in [6, 6.07) is 76.0. The minimum atomic E-state index is 0.913. The fraction of sp³-hybridized carbons (Fsp3) is 0. The SMILES string of the molecule is c1ccc(-c2ccc(-c3ccc(N(c4cccc(-c5ccc(-c6ccc7oc8ccccc8c7c6)cc5)c4)c4cccc5ccccc45)cc3)cc2)cc1. The monoisotopic (exact) mass is 689 g/mol. The van der Waals surface area contributed by atoms with Crippen LogP contribution in [0.25, 0.3) is 77.2 Å². The van der Waals surface area contributed by atoms with Crippen LogP contribution in [0.3, 0.4) is 0 Å². The number of furan rings is 1. The van der Waals surface area contributed by atoms with Crippen LogP contribution in [0.15, 0.2) is 217 Å². The first-order valence-corrected chi connectivity index (χ1v) is 18.4. The van der Waals surface area contributed by atoms with Gasteiger partial charge in [0.25, 0.3) is 0 Å². The highest BCUT2D eigenvalue weighted by Crippen LogP contribution is 2.41. The molecule has 1 heterocycles. The molecule has 0 radical (unpaired) electrons. The normalized spacial score (nSPS) is 11.3. The van der Waals surface area contributed by atoms with Crippen LogP contribution in [0, 0.1) is 0 Å². The van der Waals surface area contributed by atoms with E-state index < -0.39 is 0 Å². The Balaban J connectivity index is 0.999. The summed E-state index contributed by atoms with van der Waals surface area (Å²) in [5.74, 6) is 0. The van der Waals surface area contributed by atoms with Gasteiger partial charge in [0.1, 0.15) is 11.2 Å². The zero-order valence-electron chi connectivity index (χ0n) is 29.6. The van der Waals surface area contributed by atoms with Crippen molar-refractivity contribution >= 4 is 49.8 Å². The third kappa shape index (κ3) is 5.81. The molecule has 1 aromatic heterocycles. The minimum Gasteiger partial charge on any atom is -0.456 e. The van der Waals surface area contributed by atoms with Crippen molar-refractivity contribution in [2.45, 2.75) is 0 Å². The van der Waals surface area contributed by atoms with E-state index in [4.69, 9.17) is 4.42 Å². The topological polar surface area (TPSA) is 16.4 Å². The fourth-order valence-electron chi connectivity index (χ4n) is 7.70. The molecule has 0 saturated heterocycles. The first-order valence-electron chi connectivity index (χ1n) is 18.4. The van der Waals surface area contributed by atoms with E-state index in [0.717, 1.165) is 44.6 Å². The number of fused-ring (bicyclic) bond motifs is 4. The molecule has 2 heteroatoms. The second-order valence-electron chi connectivity index (χ2n) is 13.8. The summed E-state index contributed by atoms with van der Waals surface area (Å²) in [6.45, 7) is 0. The fourth-order valence-corrected chi connectivity index (χ4v) is 7.70. The van der Waals surface area contributed by atoms with Gasteiger partial charge in [-0.25, -0.2) is 0 Å². The van der Waals surface area contributed by atoms with Gasteiger partial charge in [-0.2, -0.15) is 0 Å². The quantitative estimate of drug-likeness (QED) is 0.166. The highest BCUT2D eigenvalue weighted by molar-refractivity contribution is 6.06. The van der Waals surface area contributed by atoms with E-state index in [1.807, 2.05) is 12.1 Å². The van der Waals surface area contributed by atoms with Crippen LogP contribution < -0.4 is 4.90 Å². The highest BCUT2D eigenvalue weighted by Gasteiger charge is 2.17. The number of para-hydroxylation sites is 1. The molecule has 10 aromatic rings. The maximum atomic E-state index is 6.08. The third-order valence-electron chi connectivity index (χ3n) is 10.5. The Labute approximate surface area is 314 Å². The maximum absolute atomic E-state index is 6.08. The average molecular weight is 690 g/mol. The summed E-state index contributed by atoms with van der Waals surface area (Å²) in [6.07, 6.45) is 0. The van der Waals surface area contributed by atoms with Crippen LogP contribution in [-0.4, -0.2) is 0 Å². The van der Waals surface area contributed by atoms with Gasteiger partial charge in [-0.05, 0) is 98.4 Å². The molecule has 9 aromatic carbocycles. The maximum Gasteiger partial charge on any atom is 0.135 e. The van der Waals surface area contributed by atoms with E-state index in [0.29, 0.717) is 0 Å². The lowest BCUT2D eigenvalue weighted by Gasteiger charge is -2.27. The lowest BCUT2D eigenvalue weighted by Crippen LogP contribution is -2.10. The van der Waals surface area contributed by atoms with E-state index in [9.17, 15) is 0 Å². The van der Waals surface area contributed by atoms with Crippen LogP contribution >= 0.6 is 0 Å².